The SMILES string of the molecule is CNc1cc[n+](CCC[n+]2ccc(C=N)cc2)cc1. The van der Waals surface area contributed by atoms with Crippen molar-refractivity contribution >= 4 is 11.9 Å². The van der Waals surface area contributed by atoms with Gasteiger partial charge in [-0.05, 0) is 0 Å². The average molecular weight is 256 g/mol. The average Bonchev–Trinajstić information content (AvgIpc) is 2.49. The molecule has 4 heteroatoms. The molecule has 2 aromatic heterocycles. The van der Waals surface area contributed by atoms with Crippen LogP contribution in [0.1, 0.15) is 12.0 Å². The molecule has 0 saturated carbocycles. The lowest BCUT2D eigenvalue weighted by atomic mass is 10.3. The number of nitrogens with one attached hydrogen (secondary N) is 2. The Morgan fingerprint density at radius 2 is 1.53 bits per heavy atom. The van der Waals surface area contributed by atoms with E-state index in [4.69, 9.17) is 5.41 Å². The summed E-state index contributed by atoms with van der Waals surface area (Å²) in [5, 5.41) is 10.3. The molecule has 0 amide bonds. The molecule has 0 fully saturated rings. The Balaban J connectivity index is 1.83. The van der Waals surface area contributed by atoms with Gasteiger partial charge in [0.25, 0.3) is 0 Å². The normalized spacial score (nSPS) is 10.2. The van der Waals surface area contributed by atoms with Crippen molar-refractivity contribution in [2.75, 3.05) is 12.4 Å². The molecule has 0 aliphatic rings. The minimum absolute atomic E-state index is 0.938. The van der Waals surface area contributed by atoms with Crippen molar-refractivity contribution < 1.29 is 9.13 Å². The van der Waals surface area contributed by atoms with E-state index < -0.39 is 0 Å². The van der Waals surface area contributed by atoms with Crippen molar-refractivity contribution in [3.05, 3.63) is 54.6 Å². The first-order chi connectivity index (χ1) is 9.31. The van der Waals surface area contributed by atoms with Gasteiger partial charge in [0.2, 0.25) is 0 Å². The van der Waals surface area contributed by atoms with Crippen molar-refractivity contribution in [3.63, 3.8) is 0 Å². The Labute approximate surface area is 113 Å². The maximum atomic E-state index is 7.16. The van der Waals surface area contributed by atoms with Crippen LogP contribution in [-0.2, 0) is 13.1 Å². The standard InChI is InChI=1S/C15H19N4/c1-17-15-5-11-19(12-6-15)8-2-7-18-9-3-14(13-16)4-10-18/h3-6,9-13,16H,2,7-8H2,1H3/q+1/p+1. The first-order valence-electron chi connectivity index (χ1n) is 6.48. The summed E-state index contributed by atoms with van der Waals surface area (Å²) in [5.74, 6) is 0. The highest BCUT2D eigenvalue weighted by atomic mass is 15.0. The van der Waals surface area contributed by atoms with Crippen molar-refractivity contribution in [2.24, 2.45) is 0 Å². The Hall–Kier alpha value is -2.23. The van der Waals surface area contributed by atoms with Gasteiger partial charge in [-0.25, -0.2) is 9.13 Å². The second-order valence-electron chi connectivity index (χ2n) is 4.44. The van der Waals surface area contributed by atoms with Gasteiger partial charge in [0, 0.05) is 48.8 Å². The molecule has 0 saturated heterocycles. The molecule has 98 valence electrons. The van der Waals surface area contributed by atoms with Crippen molar-refractivity contribution in [1.82, 2.24) is 0 Å². The Morgan fingerprint density at radius 3 is 2.00 bits per heavy atom. The summed E-state index contributed by atoms with van der Waals surface area (Å²) in [4.78, 5) is 0. The van der Waals surface area contributed by atoms with Crippen LogP contribution in [0.2, 0.25) is 0 Å². The number of pyridine rings is 2. The highest BCUT2D eigenvalue weighted by Gasteiger charge is 2.04. The lowest BCUT2D eigenvalue weighted by Gasteiger charge is -1.99. The highest BCUT2D eigenvalue weighted by Crippen LogP contribution is 1.99. The smallest absolute Gasteiger partial charge is 0.170 e. The van der Waals surface area contributed by atoms with E-state index in [0.717, 1.165) is 30.8 Å². The lowest BCUT2D eigenvalue weighted by molar-refractivity contribution is -0.726. The second kappa shape index (κ2) is 6.64. The molecule has 0 unspecified atom stereocenters. The largest absolute Gasteiger partial charge is 0.388 e. The molecule has 4 nitrogen and oxygen atoms in total. The van der Waals surface area contributed by atoms with Crippen molar-refractivity contribution in [2.45, 2.75) is 19.5 Å². The number of hydrogen-bond acceptors (Lipinski definition) is 2. The van der Waals surface area contributed by atoms with Crippen LogP contribution in [-0.4, -0.2) is 13.3 Å². The zero-order valence-electron chi connectivity index (χ0n) is 11.2. The molecule has 2 rings (SSSR count). The summed E-state index contributed by atoms with van der Waals surface area (Å²) >= 11 is 0. The van der Waals surface area contributed by atoms with Crippen LogP contribution in [0.25, 0.3) is 0 Å². The Kier molecular flexibility index (Phi) is 4.61. The van der Waals surface area contributed by atoms with Gasteiger partial charge in [0.15, 0.2) is 37.9 Å². The van der Waals surface area contributed by atoms with Crippen LogP contribution in [0.5, 0.6) is 0 Å². The summed E-state index contributed by atoms with van der Waals surface area (Å²) in [7, 11) is 1.92. The number of hydrogen-bond donors (Lipinski definition) is 2. The number of rotatable bonds is 6. The van der Waals surface area contributed by atoms with Gasteiger partial charge in [-0.15, -0.1) is 0 Å². The Morgan fingerprint density at radius 1 is 1.00 bits per heavy atom. The fourth-order valence-corrected chi connectivity index (χ4v) is 1.92. The van der Waals surface area contributed by atoms with Crippen LogP contribution in [0, 0.1) is 5.41 Å². The molecule has 0 aliphatic carbocycles. The molecule has 2 heterocycles. The molecule has 2 N–H and O–H groups in total. The number of aryl methyl sites for hydroxylation is 2. The van der Waals surface area contributed by atoms with Gasteiger partial charge < -0.3 is 10.7 Å². The highest BCUT2D eigenvalue weighted by molar-refractivity contribution is 5.76. The minimum atomic E-state index is 0.938. The van der Waals surface area contributed by atoms with E-state index in [0.29, 0.717) is 0 Å². The molecule has 0 aliphatic heterocycles. The molecular formula is C15H20N4+2. The van der Waals surface area contributed by atoms with Crippen LogP contribution in [0.4, 0.5) is 5.69 Å². The van der Waals surface area contributed by atoms with Gasteiger partial charge in [0.1, 0.15) is 0 Å². The zero-order valence-corrected chi connectivity index (χ0v) is 11.2. The van der Waals surface area contributed by atoms with Crippen LogP contribution < -0.4 is 14.5 Å². The van der Waals surface area contributed by atoms with E-state index in [1.807, 2.05) is 31.6 Å². The first kappa shape index (κ1) is 13.2. The molecule has 0 spiro atoms. The minimum Gasteiger partial charge on any atom is -0.388 e. The molecule has 0 aromatic carbocycles. The van der Waals surface area contributed by atoms with Crippen LogP contribution in [0.15, 0.2) is 49.1 Å². The topological polar surface area (TPSA) is 43.6 Å². The monoisotopic (exact) mass is 256 g/mol. The summed E-state index contributed by atoms with van der Waals surface area (Å²) in [6.07, 6.45) is 10.7. The Bertz CT molecular complexity index is 517. The lowest BCUT2D eigenvalue weighted by Crippen LogP contribution is -2.38. The summed E-state index contributed by atoms with van der Waals surface area (Å²) in [6, 6.07) is 8.07. The maximum Gasteiger partial charge on any atom is 0.170 e. The van der Waals surface area contributed by atoms with Gasteiger partial charge in [0.05, 0.1) is 6.42 Å². The van der Waals surface area contributed by atoms with Gasteiger partial charge in [-0.3, -0.25) is 0 Å². The third kappa shape index (κ3) is 3.88. The van der Waals surface area contributed by atoms with Crippen LogP contribution in [0.3, 0.4) is 0 Å². The van der Waals surface area contributed by atoms with Gasteiger partial charge in [-0.2, -0.15) is 0 Å². The van der Waals surface area contributed by atoms with E-state index in [-0.39, 0.29) is 0 Å². The maximum absolute atomic E-state index is 7.16. The van der Waals surface area contributed by atoms with E-state index in [2.05, 4.69) is 39.0 Å². The van der Waals surface area contributed by atoms with E-state index in [1.54, 1.807) is 0 Å². The van der Waals surface area contributed by atoms with Gasteiger partial charge in [-0.1, -0.05) is 0 Å². The first-order valence-corrected chi connectivity index (χ1v) is 6.48. The number of nitrogens with zero attached hydrogens (tertiary/aromatic N) is 2. The summed E-state index contributed by atoms with van der Waals surface area (Å²) in [6.45, 7) is 1.99. The fourth-order valence-electron chi connectivity index (χ4n) is 1.92. The molecule has 2 aromatic rings. The summed E-state index contributed by atoms with van der Waals surface area (Å²) in [5.41, 5.74) is 2.07. The van der Waals surface area contributed by atoms with E-state index >= 15 is 0 Å². The molecule has 19 heavy (non-hydrogen) atoms. The van der Waals surface area contributed by atoms with Crippen LogP contribution >= 0.6 is 0 Å². The third-order valence-corrected chi connectivity index (χ3v) is 3.10. The number of aromatic nitrogens is 2. The molecular weight excluding hydrogens is 236 g/mol. The van der Waals surface area contributed by atoms with E-state index in [9.17, 15) is 0 Å². The fraction of sp³-hybridized carbons (Fsp3) is 0.267. The zero-order chi connectivity index (χ0) is 13.5. The molecule has 0 radical (unpaired) electrons. The third-order valence-electron chi connectivity index (χ3n) is 3.10. The van der Waals surface area contributed by atoms with Crippen molar-refractivity contribution in [3.8, 4) is 0 Å². The summed E-state index contributed by atoms with van der Waals surface area (Å²) < 4.78 is 4.34. The molecule has 0 atom stereocenters. The van der Waals surface area contributed by atoms with E-state index in [1.165, 1.54) is 6.21 Å². The quantitative estimate of drug-likeness (QED) is 0.595. The van der Waals surface area contributed by atoms with Crippen molar-refractivity contribution in [1.29, 1.82) is 5.41 Å². The molecule has 0 bridgehead atoms. The van der Waals surface area contributed by atoms with Gasteiger partial charge >= 0.3 is 0 Å². The predicted octanol–water partition coefficient (Wildman–Crippen LogP) is 1.39. The predicted molar refractivity (Wildman–Crippen MR) is 75.3 cm³/mol. The second-order valence-corrected chi connectivity index (χ2v) is 4.44. The number of anilines is 1.